The van der Waals surface area contributed by atoms with E-state index in [0.29, 0.717) is 4.83 Å². The van der Waals surface area contributed by atoms with Crippen LogP contribution in [0.1, 0.15) is 67.1 Å². The predicted octanol–water partition coefficient (Wildman–Crippen LogP) is 7.25. The van der Waals surface area contributed by atoms with Crippen LogP contribution in [-0.2, 0) is 0 Å². The Bertz CT molecular complexity index is 391. The standard InChI is InChI=1S/C16H24Br2S/c1-3-4-5-12-6-8-13(9-7-12)16(18)14-10-15(17)19-11(14)2/h10,12-13,16H,3-9H2,1-2H3. The van der Waals surface area contributed by atoms with Crippen molar-refractivity contribution >= 4 is 43.2 Å². The van der Waals surface area contributed by atoms with Gasteiger partial charge < -0.3 is 0 Å². The monoisotopic (exact) mass is 406 g/mol. The van der Waals surface area contributed by atoms with E-state index in [1.165, 1.54) is 59.2 Å². The number of halogens is 2. The smallest absolute Gasteiger partial charge is 0.0704 e. The Morgan fingerprint density at radius 3 is 2.53 bits per heavy atom. The molecular weight excluding hydrogens is 384 g/mol. The van der Waals surface area contributed by atoms with Crippen LogP contribution in [-0.4, -0.2) is 0 Å². The van der Waals surface area contributed by atoms with E-state index in [0.717, 1.165) is 11.8 Å². The van der Waals surface area contributed by atoms with Gasteiger partial charge in [0.15, 0.2) is 0 Å². The molecule has 1 aromatic heterocycles. The zero-order valence-electron chi connectivity index (χ0n) is 11.9. The minimum Gasteiger partial charge on any atom is -0.133 e. The fraction of sp³-hybridized carbons (Fsp3) is 0.750. The molecule has 0 N–H and O–H groups in total. The Kier molecular flexibility index (Phi) is 6.42. The van der Waals surface area contributed by atoms with Gasteiger partial charge in [-0.1, -0.05) is 55.0 Å². The van der Waals surface area contributed by atoms with Gasteiger partial charge in [0.1, 0.15) is 0 Å². The Labute approximate surface area is 138 Å². The van der Waals surface area contributed by atoms with E-state index in [9.17, 15) is 0 Å². The van der Waals surface area contributed by atoms with Crippen LogP contribution in [0, 0.1) is 18.8 Å². The quantitative estimate of drug-likeness (QED) is 0.450. The molecule has 2 rings (SSSR count). The number of aryl methyl sites for hydroxylation is 1. The van der Waals surface area contributed by atoms with E-state index < -0.39 is 0 Å². The van der Waals surface area contributed by atoms with Gasteiger partial charge in [-0.2, -0.15) is 0 Å². The van der Waals surface area contributed by atoms with Crippen molar-refractivity contribution in [1.29, 1.82) is 0 Å². The van der Waals surface area contributed by atoms with Crippen LogP contribution in [0.5, 0.6) is 0 Å². The van der Waals surface area contributed by atoms with Crippen LogP contribution in [0.15, 0.2) is 9.85 Å². The van der Waals surface area contributed by atoms with Gasteiger partial charge in [0.05, 0.1) is 3.79 Å². The Morgan fingerprint density at radius 1 is 1.32 bits per heavy atom. The molecule has 1 aliphatic carbocycles. The molecule has 1 saturated carbocycles. The third-order valence-electron chi connectivity index (χ3n) is 4.49. The Hall–Kier alpha value is 0.660. The summed E-state index contributed by atoms with van der Waals surface area (Å²) in [7, 11) is 0. The van der Waals surface area contributed by atoms with Crippen LogP contribution in [0.25, 0.3) is 0 Å². The summed E-state index contributed by atoms with van der Waals surface area (Å²) in [5.41, 5.74) is 1.51. The number of alkyl halides is 1. The second-order valence-corrected chi connectivity index (χ2v) is 9.51. The average molecular weight is 408 g/mol. The van der Waals surface area contributed by atoms with Crippen LogP contribution in [0.2, 0.25) is 0 Å². The molecule has 0 spiro atoms. The summed E-state index contributed by atoms with van der Waals surface area (Å²) in [5.74, 6) is 1.84. The number of unbranched alkanes of at least 4 members (excludes halogenated alkanes) is 1. The second kappa shape index (κ2) is 7.61. The molecule has 0 radical (unpaired) electrons. The molecule has 0 amide bonds. The maximum Gasteiger partial charge on any atom is 0.0704 e. The van der Waals surface area contributed by atoms with E-state index in [4.69, 9.17) is 0 Å². The van der Waals surface area contributed by atoms with Crippen molar-refractivity contribution in [2.45, 2.75) is 63.6 Å². The number of hydrogen-bond acceptors (Lipinski definition) is 1. The van der Waals surface area contributed by atoms with Crippen molar-refractivity contribution in [2.24, 2.45) is 11.8 Å². The molecule has 0 aromatic carbocycles. The number of thiophene rings is 1. The molecule has 0 bridgehead atoms. The fourth-order valence-electron chi connectivity index (χ4n) is 3.25. The molecule has 1 unspecified atom stereocenters. The van der Waals surface area contributed by atoms with E-state index >= 15 is 0 Å². The zero-order valence-corrected chi connectivity index (χ0v) is 15.9. The number of hydrogen-bond donors (Lipinski definition) is 0. The minimum atomic E-state index is 0.558. The van der Waals surface area contributed by atoms with E-state index in [1.54, 1.807) is 0 Å². The highest BCUT2D eigenvalue weighted by Gasteiger charge is 2.28. The molecule has 0 aliphatic heterocycles. The summed E-state index contributed by atoms with van der Waals surface area (Å²) in [4.78, 5) is 2.02. The van der Waals surface area contributed by atoms with Crippen molar-refractivity contribution in [1.82, 2.24) is 0 Å². The summed E-state index contributed by atoms with van der Waals surface area (Å²) in [6.07, 6.45) is 9.91. The van der Waals surface area contributed by atoms with Gasteiger partial charge in [-0.05, 0) is 59.2 Å². The molecule has 0 saturated heterocycles. The van der Waals surface area contributed by atoms with Crippen molar-refractivity contribution in [3.8, 4) is 0 Å². The lowest BCUT2D eigenvalue weighted by atomic mass is 9.77. The highest BCUT2D eigenvalue weighted by atomic mass is 79.9. The maximum atomic E-state index is 3.97. The van der Waals surface area contributed by atoms with Gasteiger partial charge >= 0.3 is 0 Å². The molecule has 0 nitrogen and oxygen atoms in total. The first-order valence-electron chi connectivity index (χ1n) is 7.51. The molecule has 1 heterocycles. The average Bonchev–Trinajstić information content (AvgIpc) is 2.75. The summed E-state index contributed by atoms with van der Waals surface area (Å²) in [5, 5.41) is 0. The summed E-state index contributed by atoms with van der Waals surface area (Å²) >= 11 is 9.44. The van der Waals surface area contributed by atoms with Crippen molar-refractivity contribution < 1.29 is 0 Å². The van der Waals surface area contributed by atoms with E-state index in [2.05, 4.69) is 51.8 Å². The third-order valence-corrected chi connectivity index (χ3v) is 7.30. The molecule has 3 heteroatoms. The number of rotatable bonds is 5. The Morgan fingerprint density at radius 2 is 2.00 bits per heavy atom. The highest BCUT2D eigenvalue weighted by Crippen LogP contribution is 2.45. The van der Waals surface area contributed by atoms with E-state index in [-0.39, 0.29) is 0 Å². The van der Waals surface area contributed by atoms with Crippen LogP contribution in [0.4, 0.5) is 0 Å². The molecule has 1 fully saturated rings. The van der Waals surface area contributed by atoms with Gasteiger partial charge in [0.25, 0.3) is 0 Å². The SMILES string of the molecule is CCCCC1CCC(C(Br)c2cc(Br)sc2C)CC1. The van der Waals surface area contributed by atoms with Crippen molar-refractivity contribution in [2.75, 3.05) is 0 Å². The molecule has 108 valence electrons. The molecular formula is C16H24Br2S. The second-order valence-electron chi connectivity index (χ2n) is 5.89. The molecule has 1 aliphatic rings. The lowest BCUT2D eigenvalue weighted by Gasteiger charge is -2.31. The third kappa shape index (κ3) is 4.31. The summed E-state index contributed by atoms with van der Waals surface area (Å²) < 4.78 is 1.26. The van der Waals surface area contributed by atoms with Gasteiger partial charge in [-0.25, -0.2) is 0 Å². The first-order valence-corrected chi connectivity index (χ1v) is 10.0. The van der Waals surface area contributed by atoms with Gasteiger partial charge in [0, 0.05) is 9.70 Å². The van der Waals surface area contributed by atoms with Crippen LogP contribution >= 0.6 is 43.2 Å². The maximum absolute atomic E-state index is 3.97. The minimum absolute atomic E-state index is 0.558. The highest BCUT2D eigenvalue weighted by molar-refractivity contribution is 9.11. The van der Waals surface area contributed by atoms with E-state index in [1.807, 2.05) is 11.3 Å². The molecule has 1 aromatic rings. The summed E-state index contributed by atoms with van der Waals surface area (Å²) in [6, 6.07) is 2.31. The predicted molar refractivity (Wildman–Crippen MR) is 93.4 cm³/mol. The molecule has 19 heavy (non-hydrogen) atoms. The fourth-order valence-corrected chi connectivity index (χ4v) is 6.16. The van der Waals surface area contributed by atoms with Gasteiger partial charge in [-0.3, -0.25) is 0 Å². The normalized spacial score (nSPS) is 25.5. The topological polar surface area (TPSA) is 0 Å². The van der Waals surface area contributed by atoms with Crippen molar-refractivity contribution in [3.63, 3.8) is 0 Å². The lowest BCUT2D eigenvalue weighted by molar-refractivity contribution is 0.257. The summed E-state index contributed by atoms with van der Waals surface area (Å²) in [6.45, 7) is 4.54. The first-order chi connectivity index (χ1) is 9.11. The first kappa shape index (κ1) is 16.0. The molecule has 1 atom stereocenters. The zero-order chi connectivity index (χ0) is 13.8. The van der Waals surface area contributed by atoms with Gasteiger partial charge in [-0.15, -0.1) is 11.3 Å². The lowest BCUT2D eigenvalue weighted by Crippen LogP contribution is -2.18. The Balaban J connectivity index is 1.89. The van der Waals surface area contributed by atoms with Crippen molar-refractivity contribution in [3.05, 3.63) is 20.3 Å². The largest absolute Gasteiger partial charge is 0.133 e. The van der Waals surface area contributed by atoms with Gasteiger partial charge in [0.2, 0.25) is 0 Å². The van der Waals surface area contributed by atoms with Crippen LogP contribution in [0.3, 0.4) is 0 Å². The van der Waals surface area contributed by atoms with Crippen LogP contribution < -0.4 is 0 Å².